The number of halogens is 1. The van der Waals surface area contributed by atoms with E-state index < -0.39 is 0 Å². The Morgan fingerprint density at radius 2 is 2.00 bits per heavy atom. The van der Waals surface area contributed by atoms with E-state index in [2.05, 4.69) is 6.07 Å². The molecule has 0 unspecified atom stereocenters. The molecular formula is C18H17ClN2O2. The van der Waals surface area contributed by atoms with Crippen LogP contribution in [0.4, 0.5) is 0 Å². The largest absolute Gasteiger partial charge is 0.493 e. The number of methoxy groups -OCH3 is 1. The van der Waals surface area contributed by atoms with Crippen LogP contribution in [0.5, 0.6) is 11.5 Å². The molecule has 0 bridgehead atoms. The number of hydrazone groups is 1. The average Bonchev–Trinajstić information content (AvgIpc) is 3.01. The van der Waals surface area contributed by atoms with Gasteiger partial charge in [-0.15, -0.1) is 0 Å². The number of hydrogen-bond donors (Lipinski definition) is 0. The maximum Gasteiger partial charge on any atom is 0.185 e. The number of rotatable bonds is 2. The molecule has 4 rings (SSSR count). The van der Waals surface area contributed by atoms with Crippen molar-refractivity contribution in [3.8, 4) is 11.5 Å². The third-order valence-corrected chi connectivity index (χ3v) is 4.62. The van der Waals surface area contributed by atoms with Crippen molar-refractivity contribution in [2.45, 2.75) is 25.6 Å². The summed E-state index contributed by atoms with van der Waals surface area (Å²) in [6.07, 6.45) is 0.712. The molecule has 4 nitrogen and oxygen atoms in total. The van der Waals surface area contributed by atoms with Crippen LogP contribution in [0, 0.1) is 0 Å². The number of fused-ring (bicyclic) bond motifs is 3. The summed E-state index contributed by atoms with van der Waals surface area (Å²) >= 11 is 5.98. The standard InChI is InChI=1S/C18H17ClN2O2/c1-11-21-16(14-4-3-5-17(22-2)18(14)23-11)10-15(20-21)12-6-8-13(19)9-7-12/h3-9,11,16H,10H2,1-2H3/t11-,16-/m1/s1. The van der Waals surface area contributed by atoms with Crippen molar-refractivity contribution < 1.29 is 9.47 Å². The third kappa shape index (κ3) is 2.34. The quantitative estimate of drug-likeness (QED) is 0.827. The second-order valence-electron chi connectivity index (χ2n) is 5.75. The first-order chi connectivity index (χ1) is 11.2. The fourth-order valence-corrected chi connectivity index (χ4v) is 3.36. The Balaban J connectivity index is 1.72. The van der Waals surface area contributed by atoms with Gasteiger partial charge in [0.2, 0.25) is 0 Å². The van der Waals surface area contributed by atoms with Crippen LogP contribution >= 0.6 is 11.6 Å². The molecule has 0 saturated heterocycles. The second kappa shape index (κ2) is 5.46. The number of ether oxygens (including phenoxy) is 2. The van der Waals surface area contributed by atoms with E-state index in [9.17, 15) is 0 Å². The summed E-state index contributed by atoms with van der Waals surface area (Å²) in [7, 11) is 1.67. The zero-order chi connectivity index (χ0) is 16.0. The zero-order valence-corrected chi connectivity index (χ0v) is 13.7. The fourth-order valence-electron chi connectivity index (χ4n) is 3.24. The second-order valence-corrected chi connectivity index (χ2v) is 6.19. The van der Waals surface area contributed by atoms with E-state index in [1.165, 1.54) is 0 Å². The molecule has 0 N–H and O–H groups in total. The van der Waals surface area contributed by atoms with Crippen molar-refractivity contribution >= 4 is 17.3 Å². The number of hydrogen-bond acceptors (Lipinski definition) is 4. The maximum atomic E-state index is 6.04. The molecule has 0 amide bonds. The molecule has 0 fully saturated rings. The monoisotopic (exact) mass is 328 g/mol. The zero-order valence-electron chi connectivity index (χ0n) is 13.0. The highest BCUT2D eigenvalue weighted by Crippen LogP contribution is 2.46. The first kappa shape index (κ1) is 14.4. The molecule has 2 aliphatic rings. The summed E-state index contributed by atoms with van der Waals surface area (Å²) in [5.41, 5.74) is 3.27. The number of para-hydroxylation sites is 1. The molecule has 0 saturated carbocycles. The number of benzene rings is 2. The van der Waals surface area contributed by atoms with Gasteiger partial charge in [-0.1, -0.05) is 35.9 Å². The van der Waals surface area contributed by atoms with E-state index in [1.807, 2.05) is 48.3 Å². The summed E-state index contributed by atoms with van der Waals surface area (Å²) < 4.78 is 11.5. The summed E-state index contributed by atoms with van der Waals surface area (Å²) in [6, 6.07) is 14.0. The van der Waals surface area contributed by atoms with E-state index >= 15 is 0 Å². The molecule has 2 heterocycles. The van der Waals surface area contributed by atoms with Crippen LogP contribution in [0.2, 0.25) is 5.02 Å². The molecule has 2 atom stereocenters. The Morgan fingerprint density at radius 3 is 2.74 bits per heavy atom. The molecule has 2 aromatic carbocycles. The van der Waals surface area contributed by atoms with Crippen molar-refractivity contribution in [3.63, 3.8) is 0 Å². The van der Waals surface area contributed by atoms with Gasteiger partial charge in [0.1, 0.15) is 0 Å². The summed E-state index contributed by atoms with van der Waals surface area (Å²) in [5, 5.41) is 7.55. The highest BCUT2D eigenvalue weighted by Gasteiger charge is 2.39. The smallest absolute Gasteiger partial charge is 0.185 e. The minimum Gasteiger partial charge on any atom is -0.493 e. The van der Waals surface area contributed by atoms with E-state index in [4.69, 9.17) is 26.2 Å². The van der Waals surface area contributed by atoms with Gasteiger partial charge in [-0.05, 0) is 30.7 Å². The van der Waals surface area contributed by atoms with Crippen molar-refractivity contribution in [1.29, 1.82) is 0 Å². The predicted molar refractivity (Wildman–Crippen MR) is 90.3 cm³/mol. The van der Waals surface area contributed by atoms with Crippen molar-refractivity contribution in [2.75, 3.05) is 7.11 Å². The van der Waals surface area contributed by atoms with Crippen LogP contribution in [0.25, 0.3) is 0 Å². The van der Waals surface area contributed by atoms with Gasteiger partial charge >= 0.3 is 0 Å². The molecule has 2 aromatic rings. The van der Waals surface area contributed by atoms with Gasteiger partial charge < -0.3 is 9.47 Å². The van der Waals surface area contributed by atoms with Crippen LogP contribution in [-0.4, -0.2) is 24.1 Å². The minimum absolute atomic E-state index is 0.131. The van der Waals surface area contributed by atoms with Gasteiger partial charge in [0, 0.05) is 17.0 Å². The predicted octanol–water partition coefficient (Wildman–Crippen LogP) is 4.24. The van der Waals surface area contributed by atoms with Crippen LogP contribution in [-0.2, 0) is 0 Å². The molecule has 0 radical (unpaired) electrons. The van der Waals surface area contributed by atoms with Gasteiger partial charge in [0.05, 0.1) is 18.9 Å². The summed E-state index contributed by atoms with van der Waals surface area (Å²) in [4.78, 5) is 0. The molecule has 0 aromatic heterocycles. The van der Waals surface area contributed by atoms with Crippen LogP contribution in [0.3, 0.4) is 0 Å². The van der Waals surface area contributed by atoms with E-state index in [1.54, 1.807) is 7.11 Å². The van der Waals surface area contributed by atoms with Crippen molar-refractivity contribution in [3.05, 3.63) is 58.6 Å². The lowest BCUT2D eigenvalue weighted by Gasteiger charge is -2.36. The Labute approximate surface area is 140 Å². The van der Waals surface area contributed by atoms with Crippen molar-refractivity contribution in [2.24, 2.45) is 5.10 Å². The fraction of sp³-hybridized carbons (Fsp3) is 0.278. The Hall–Kier alpha value is -2.20. The summed E-state index contributed by atoms with van der Waals surface area (Å²) in [5.74, 6) is 1.60. The molecule has 23 heavy (non-hydrogen) atoms. The first-order valence-corrected chi connectivity index (χ1v) is 8.00. The Kier molecular flexibility index (Phi) is 3.42. The number of nitrogens with zero attached hydrogens (tertiary/aromatic N) is 2. The first-order valence-electron chi connectivity index (χ1n) is 7.62. The van der Waals surface area contributed by atoms with E-state index in [0.29, 0.717) is 0 Å². The van der Waals surface area contributed by atoms with Gasteiger partial charge in [-0.3, -0.25) is 5.01 Å². The van der Waals surface area contributed by atoms with Gasteiger partial charge in [0.25, 0.3) is 0 Å². The molecule has 2 aliphatic heterocycles. The van der Waals surface area contributed by atoms with E-state index in [-0.39, 0.29) is 12.3 Å². The summed E-state index contributed by atoms with van der Waals surface area (Å²) in [6.45, 7) is 2.01. The van der Waals surface area contributed by atoms with Gasteiger partial charge in [-0.25, -0.2) is 0 Å². The Bertz CT molecular complexity index is 773. The van der Waals surface area contributed by atoms with Gasteiger partial charge in [0.15, 0.2) is 17.7 Å². The molecule has 0 spiro atoms. The van der Waals surface area contributed by atoms with E-state index in [0.717, 1.165) is 39.8 Å². The lowest BCUT2D eigenvalue weighted by Crippen LogP contribution is -2.38. The molecule has 118 valence electrons. The lowest BCUT2D eigenvalue weighted by atomic mass is 9.96. The maximum absolute atomic E-state index is 6.04. The van der Waals surface area contributed by atoms with Crippen LogP contribution < -0.4 is 9.47 Å². The minimum atomic E-state index is -0.131. The molecule has 5 heteroatoms. The Morgan fingerprint density at radius 1 is 1.22 bits per heavy atom. The third-order valence-electron chi connectivity index (χ3n) is 4.37. The van der Waals surface area contributed by atoms with Crippen molar-refractivity contribution in [1.82, 2.24) is 5.01 Å². The highest BCUT2D eigenvalue weighted by atomic mass is 35.5. The average molecular weight is 329 g/mol. The normalized spacial score (nSPS) is 22.0. The lowest BCUT2D eigenvalue weighted by molar-refractivity contribution is -0.00535. The van der Waals surface area contributed by atoms with Crippen LogP contribution in [0.15, 0.2) is 47.6 Å². The molecule has 0 aliphatic carbocycles. The SMILES string of the molecule is COc1cccc2c1O[C@H](C)N1N=C(c3ccc(Cl)cc3)C[C@H]21. The van der Waals surface area contributed by atoms with Crippen LogP contribution in [0.1, 0.15) is 30.5 Å². The molecular weight excluding hydrogens is 312 g/mol. The topological polar surface area (TPSA) is 34.1 Å². The van der Waals surface area contributed by atoms with Gasteiger partial charge in [-0.2, -0.15) is 5.10 Å². The highest BCUT2D eigenvalue weighted by molar-refractivity contribution is 6.30.